The average Bonchev–Trinajstić information content (AvgIpc) is 1.90. The van der Waals surface area contributed by atoms with Gasteiger partial charge in [-0.05, 0) is 26.2 Å². The van der Waals surface area contributed by atoms with Crippen LogP contribution in [0.3, 0.4) is 0 Å². The van der Waals surface area contributed by atoms with Crippen molar-refractivity contribution >= 4 is 0 Å². The molecule has 1 N–H and O–H groups in total. The monoisotopic (exact) mass is 130 g/mol. The summed E-state index contributed by atoms with van der Waals surface area (Å²) >= 11 is 0. The zero-order chi connectivity index (χ0) is 6.69. The molecular formula is C7H14O2. The van der Waals surface area contributed by atoms with Gasteiger partial charge in [0.25, 0.3) is 0 Å². The van der Waals surface area contributed by atoms with Crippen LogP contribution in [-0.2, 0) is 4.74 Å². The number of rotatable bonds is 1. The summed E-state index contributed by atoms with van der Waals surface area (Å²) in [5.74, 6) is 0. The first kappa shape index (κ1) is 7.03. The summed E-state index contributed by atoms with van der Waals surface area (Å²) in [6.45, 7) is 2.62. The first-order chi connectivity index (χ1) is 4.30. The van der Waals surface area contributed by atoms with Crippen molar-refractivity contribution in [2.75, 3.05) is 6.61 Å². The lowest BCUT2D eigenvalue weighted by atomic mass is 10.1. The fraction of sp³-hybridized carbons (Fsp3) is 1.00. The van der Waals surface area contributed by atoms with Gasteiger partial charge in [-0.3, -0.25) is 0 Å². The van der Waals surface area contributed by atoms with Gasteiger partial charge in [0.05, 0.1) is 12.2 Å². The molecule has 0 spiro atoms. The quantitative estimate of drug-likeness (QED) is 0.572. The number of hydrogen-bond donors (Lipinski definition) is 1. The van der Waals surface area contributed by atoms with E-state index in [1.807, 2.05) is 0 Å². The van der Waals surface area contributed by atoms with Crippen LogP contribution in [-0.4, -0.2) is 23.9 Å². The van der Waals surface area contributed by atoms with Gasteiger partial charge in [-0.1, -0.05) is 0 Å². The summed E-state index contributed by atoms with van der Waals surface area (Å²) < 4.78 is 5.29. The van der Waals surface area contributed by atoms with E-state index in [4.69, 9.17) is 9.84 Å². The Kier molecular flexibility index (Phi) is 2.49. The first-order valence-corrected chi connectivity index (χ1v) is 3.60. The van der Waals surface area contributed by atoms with Crippen LogP contribution < -0.4 is 0 Å². The molecule has 1 saturated heterocycles. The van der Waals surface area contributed by atoms with Crippen molar-refractivity contribution in [3.05, 3.63) is 0 Å². The van der Waals surface area contributed by atoms with E-state index < -0.39 is 0 Å². The molecular weight excluding hydrogens is 116 g/mol. The van der Waals surface area contributed by atoms with Gasteiger partial charge in [0.15, 0.2) is 0 Å². The minimum absolute atomic E-state index is 0.110. The van der Waals surface area contributed by atoms with Crippen molar-refractivity contribution in [1.29, 1.82) is 0 Å². The third kappa shape index (κ3) is 1.95. The van der Waals surface area contributed by atoms with Crippen molar-refractivity contribution in [2.24, 2.45) is 0 Å². The standard InChI is InChI=1S/C7H14O2/c1-6(8)7-4-2-3-5-9-7/h6-8H,2-5H2,1H3. The van der Waals surface area contributed by atoms with Gasteiger partial charge in [-0.2, -0.15) is 0 Å². The van der Waals surface area contributed by atoms with Crippen LogP contribution in [0, 0.1) is 0 Å². The molecule has 1 heterocycles. The molecule has 2 nitrogen and oxygen atoms in total. The molecule has 54 valence electrons. The molecule has 0 radical (unpaired) electrons. The SMILES string of the molecule is CC(O)C1CCCCO1. The predicted octanol–water partition coefficient (Wildman–Crippen LogP) is 0.936. The largest absolute Gasteiger partial charge is 0.391 e. The molecule has 2 heteroatoms. The summed E-state index contributed by atoms with van der Waals surface area (Å²) in [5.41, 5.74) is 0. The Bertz CT molecular complexity index is 75.0. The molecule has 0 saturated carbocycles. The van der Waals surface area contributed by atoms with Gasteiger partial charge < -0.3 is 9.84 Å². The summed E-state index contributed by atoms with van der Waals surface area (Å²) in [6, 6.07) is 0. The fourth-order valence-electron chi connectivity index (χ4n) is 1.15. The lowest BCUT2D eigenvalue weighted by Crippen LogP contribution is -2.29. The molecule has 0 amide bonds. The Balaban J connectivity index is 2.23. The zero-order valence-electron chi connectivity index (χ0n) is 5.84. The second kappa shape index (κ2) is 3.18. The van der Waals surface area contributed by atoms with E-state index in [-0.39, 0.29) is 12.2 Å². The minimum Gasteiger partial charge on any atom is -0.391 e. The molecule has 1 aliphatic heterocycles. The van der Waals surface area contributed by atoms with Crippen molar-refractivity contribution in [3.8, 4) is 0 Å². The van der Waals surface area contributed by atoms with Crippen molar-refractivity contribution in [3.63, 3.8) is 0 Å². The van der Waals surface area contributed by atoms with E-state index in [0.29, 0.717) is 0 Å². The average molecular weight is 130 g/mol. The van der Waals surface area contributed by atoms with E-state index in [1.54, 1.807) is 6.92 Å². The van der Waals surface area contributed by atoms with E-state index >= 15 is 0 Å². The highest BCUT2D eigenvalue weighted by Crippen LogP contribution is 2.14. The summed E-state index contributed by atoms with van der Waals surface area (Å²) in [6.07, 6.45) is 3.21. The van der Waals surface area contributed by atoms with Crippen LogP contribution in [0.4, 0.5) is 0 Å². The Morgan fingerprint density at radius 1 is 1.56 bits per heavy atom. The maximum atomic E-state index is 9.05. The number of ether oxygens (including phenoxy) is 1. The molecule has 1 aliphatic rings. The number of aliphatic hydroxyl groups excluding tert-OH is 1. The van der Waals surface area contributed by atoms with E-state index in [9.17, 15) is 0 Å². The minimum atomic E-state index is -0.287. The predicted molar refractivity (Wildman–Crippen MR) is 35.3 cm³/mol. The maximum absolute atomic E-state index is 9.05. The van der Waals surface area contributed by atoms with Crippen molar-refractivity contribution in [2.45, 2.75) is 38.4 Å². The lowest BCUT2D eigenvalue weighted by Gasteiger charge is -2.24. The van der Waals surface area contributed by atoms with E-state index in [1.165, 1.54) is 6.42 Å². The van der Waals surface area contributed by atoms with Crippen LogP contribution in [0.25, 0.3) is 0 Å². The molecule has 0 aliphatic carbocycles. The molecule has 2 unspecified atom stereocenters. The number of aliphatic hydroxyl groups is 1. The third-order valence-corrected chi connectivity index (χ3v) is 1.75. The second-order valence-electron chi connectivity index (χ2n) is 2.65. The molecule has 1 fully saturated rings. The van der Waals surface area contributed by atoms with Crippen LogP contribution >= 0.6 is 0 Å². The van der Waals surface area contributed by atoms with Gasteiger partial charge in [-0.15, -0.1) is 0 Å². The highest BCUT2D eigenvalue weighted by molar-refractivity contribution is 4.67. The lowest BCUT2D eigenvalue weighted by molar-refractivity contribution is -0.0544. The van der Waals surface area contributed by atoms with E-state index in [0.717, 1.165) is 19.4 Å². The first-order valence-electron chi connectivity index (χ1n) is 3.60. The molecule has 0 bridgehead atoms. The molecule has 0 aromatic rings. The Morgan fingerprint density at radius 3 is 2.67 bits per heavy atom. The van der Waals surface area contributed by atoms with Crippen LogP contribution in [0.1, 0.15) is 26.2 Å². The highest BCUT2D eigenvalue weighted by Gasteiger charge is 2.17. The fourth-order valence-corrected chi connectivity index (χ4v) is 1.15. The maximum Gasteiger partial charge on any atom is 0.0831 e. The van der Waals surface area contributed by atoms with Gasteiger partial charge in [0, 0.05) is 6.61 Å². The van der Waals surface area contributed by atoms with Crippen LogP contribution in [0.5, 0.6) is 0 Å². The van der Waals surface area contributed by atoms with Crippen LogP contribution in [0.2, 0.25) is 0 Å². The van der Waals surface area contributed by atoms with Gasteiger partial charge in [0.1, 0.15) is 0 Å². The molecule has 2 atom stereocenters. The third-order valence-electron chi connectivity index (χ3n) is 1.75. The highest BCUT2D eigenvalue weighted by atomic mass is 16.5. The van der Waals surface area contributed by atoms with Crippen LogP contribution in [0.15, 0.2) is 0 Å². The number of hydrogen-bond acceptors (Lipinski definition) is 2. The summed E-state index contributed by atoms with van der Waals surface area (Å²) in [7, 11) is 0. The summed E-state index contributed by atoms with van der Waals surface area (Å²) in [4.78, 5) is 0. The Labute approximate surface area is 55.8 Å². The topological polar surface area (TPSA) is 29.5 Å². The van der Waals surface area contributed by atoms with Crippen molar-refractivity contribution in [1.82, 2.24) is 0 Å². The second-order valence-corrected chi connectivity index (χ2v) is 2.65. The van der Waals surface area contributed by atoms with Gasteiger partial charge >= 0.3 is 0 Å². The molecule has 0 aromatic carbocycles. The van der Waals surface area contributed by atoms with Crippen molar-refractivity contribution < 1.29 is 9.84 Å². The smallest absolute Gasteiger partial charge is 0.0831 e. The molecule has 9 heavy (non-hydrogen) atoms. The van der Waals surface area contributed by atoms with E-state index in [2.05, 4.69) is 0 Å². The summed E-state index contributed by atoms with van der Waals surface area (Å²) in [5, 5.41) is 9.05. The molecule has 0 aromatic heterocycles. The zero-order valence-corrected chi connectivity index (χ0v) is 5.84. The van der Waals surface area contributed by atoms with Gasteiger partial charge in [-0.25, -0.2) is 0 Å². The Morgan fingerprint density at radius 2 is 2.33 bits per heavy atom. The normalized spacial score (nSPS) is 32.0. The van der Waals surface area contributed by atoms with Gasteiger partial charge in [0.2, 0.25) is 0 Å². The molecule has 1 rings (SSSR count). The Hall–Kier alpha value is -0.0800.